The summed E-state index contributed by atoms with van der Waals surface area (Å²) in [5.74, 6) is 1.16. The molecule has 1 aromatic carbocycles. The van der Waals surface area contributed by atoms with Gasteiger partial charge in [-0.2, -0.15) is 0 Å². The zero-order chi connectivity index (χ0) is 15.7. The van der Waals surface area contributed by atoms with Crippen molar-refractivity contribution in [3.8, 4) is 5.75 Å². The van der Waals surface area contributed by atoms with E-state index in [1.807, 2.05) is 24.3 Å². The van der Waals surface area contributed by atoms with Gasteiger partial charge in [0.25, 0.3) is 5.91 Å². The molecule has 0 aliphatic carbocycles. The van der Waals surface area contributed by atoms with Crippen LogP contribution in [0.2, 0.25) is 0 Å². The lowest BCUT2D eigenvalue weighted by atomic mass is 10.0. The largest absolute Gasteiger partial charge is 0.484 e. The predicted molar refractivity (Wildman–Crippen MR) is 86.8 cm³/mol. The Morgan fingerprint density at radius 2 is 1.81 bits per heavy atom. The van der Waals surface area contributed by atoms with E-state index in [0.29, 0.717) is 12.5 Å². The van der Waals surface area contributed by atoms with Gasteiger partial charge in [0.15, 0.2) is 6.61 Å². The first-order chi connectivity index (χ1) is 10.1. The number of benzene rings is 1. The molecule has 4 nitrogen and oxygen atoms in total. The number of amides is 1. The van der Waals surface area contributed by atoms with E-state index in [2.05, 4.69) is 37.9 Å². The molecule has 0 aromatic heterocycles. The number of carbonyl (C=O) groups is 1. The van der Waals surface area contributed by atoms with E-state index in [4.69, 9.17) is 4.74 Å². The highest BCUT2D eigenvalue weighted by Crippen LogP contribution is 2.18. The quantitative estimate of drug-likeness (QED) is 0.761. The Balaban J connectivity index is 2.26. The third-order valence-corrected chi connectivity index (χ3v) is 3.56. The van der Waals surface area contributed by atoms with Gasteiger partial charge in [0, 0.05) is 13.1 Å². The van der Waals surface area contributed by atoms with Gasteiger partial charge in [-0.15, -0.1) is 0 Å². The smallest absolute Gasteiger partial charge is 0.257 e. The summed E-state index contributed by atoms with van der Waals surface area (Å²) in [6.07, 6.45) is 0. The van der Waals surface area contributed by atoms with Crippen LogP contribution in [0, 0.1) is 0 Å². The predicted octanol–water partition coefficient (Wildman–Crippen LogP) is 2.65. The van der Waals surface area contributed by atoms with Crippen molar-refractivity contribution < 1.29 is 9.53 Å². The first-order valence-corrected chi connectivity index (χ1v) is 7.78. The van der Waals surface area contributed by atoms with Crippen molar-refractivity contribution in [2.75, 3.05) is 32.8 Å². The minimum Gasteiger partial charge on any atom is -0.484 e. The van der Waals surface area contributed by atoms with Crippen molar-refractivity contribution in [2.45, 2.75) is 33.6 Å². The van der Waals surface area contributed by atoms with Crippen molar-refractivity contribution in [2.24, 2.45) is 0 Å². The zero-order valence-corrected chi connectivity index (χ0v) is 13.7. The van der Waals surface area contributed by atoms with Gasteiger partial charge in [0.1, 0.15) is 5.75 Å². The molecule has 1 amide bonds. The molecule has 0 bridgehead atoms. The molecule has 4 heteroatoms. The maximum Gasteiger partial charge on any atom is 0.257 e. The second-order valence-electron chi connectivity index (χ2n) is 5.39. The van der Waals surface area contributed by atoms with Gasteiger partial charge < -0.3 is 15.0 Å². The molecule has 0 radical (unpaired) electrons. The molecule has 0 aliphatic heterocycles. The van der Waals surface area contributed by atoms with Gasteiger partial charge >= 0.3 is 0 Å². The van der Waals surface area contributed by atoms with Gasteiger partial charge in [0.05, 0.1) is 0 Å². The van der Waals surface area contributed by atoms with Crippen LogP contribution in [0.1, 0.15) is 39.2 Å². The highest BCUT2D eigenvalue weighted by Gasteiger charge is 2.05. The van der Waals surface area contributed by atoms with Gasteiger partial charge in [-0.05, 0) is 36.7 Å². The molecule has 21 heavy (non-hydrogen) atoms. The summed E-state index contributed by atoms with van der Waals surface area (Å²) in [7, 11) is 0. The first-order valence-electron chi connectivity index (χ1n) is 7.78. The van der Waals surface area contributed by atoms with Crippen molar-refractivity contribution in [3.63, 3.8) is 0 Å². The first kappa shape index (κ1) is 17.5. The number of likely N-dealkylation sites (N-methyl/N-ethyl adjacent to an activating group) is 1. The summed E-state index contributed by atoms with van der Waals surface area (Å²) >= 11 is 0. The Bertz CT molecular complexity index is 411. The van der Waals surface area contributed by atoms with E-state index in [-0.39, 0.29) is 12.5 Å². The highest BCUT2D eigenvalue weighted by atomic mass is 16.5. The molecule has 1 aromatic rings. The zero-order valence-electron chi connectivity index (χ0n) is 13.7. The summed E-state index contributed by atoms with van der Waals surface area (Å²) < 4.78 is 5.49. The summed E-state index contributed by atoms with van der Waals surface area (Å²) in [5.41, 5.74) is 1.27. The number of nitrogens with zero attached hydrogens (tertiary/aromatic N) is 1. The minimum atomic E-state index is -0.0740. The van der Waals surface area contributed by atoms with Crippen LogP contribution in [-0.4, -0.2) is 43.6 Å². The van der Waals surface area contributed by atoms with E-state index < -0.39 is 0 Å². The van der Waals surface area contributed by atoms with E-state index in [1.54, 1.807) is 0 Å². The van der Waals surface area contributed by atoms with E-state index in [1.165, 1.54) is 5.56 Å². The topological polar surface area (TPSA) is 41.6 Å². The SMILES string of the molecule is CCN(CC)CCNC(=O)COc1ccc(C(C)C)cc1. The van der Waals surface area contributed by atoms with Crippen LogP contribution in [0.15, 0.2) is 24.3 Å². The monoisotopic (exact) mass is 292 g/mol. The summed E-state index contributed by atoms with van der Waals surface area (Å²) in [4.78, 5) is 14.0. The Labute approximate surface area is 128 Å². The molecule has 0 aliphatic rings. The number of carbonyl (C=O) groups excluding carboxylic acids is 1. The van der Waals surface area contributed by atoms with E-state index in [0.717, 1.165) is 25.4 Å². The number of hydrogen-bond donors (Lipinski definition) is 1. The maximum atomic E-state index is 11.7. The van der Waals surface area contributed by atoms with Crippen molar-refractivity contribution >= 4 is 5.91 Å². The Morgan fingerprint density at radius 1 is 1.19 bits per heavy atom. The van der Waals surface area contributed by atoms with Crippen molar-refractivity contribution in [1.82, 2.24) is 10.2 Å². The molecule has 0 saturated carbocycles. The summed E-state index contributed by atoms with van der Waals surface area (Å²) in [5, 5.41) is 2.88. The third-order valence-electron chi connectivity index (χ3n) is 3.56. The van der Waals surface area contributed by atoms with Crippen LogP contribution in [0.25, 0.3) is 0 Å². The van der Waals surface area contributed by atoms with Crippen LogP contribution in [0.4, 0.5) is 0 Å². The Kier molecular flexibility index (Phi) is 7.83. The van der Waals surface area contributed by atoms with Gasteiger partial charge in [-0.3, -0.25) is 4.79 Å². The van der Waals surface area contributed by atoms with Crippen LogP contribution in [0.3, 0.4) is 0 Å². The average molecular weight is 292 g/mol. The molecule has 0 spiro atoms. The molecule has 0 unspecified atom stereocenters. The lowest BCUT2D eigenvalue weighted by Gasteiger charge is -2.18. The fourth-order valence-electron chi connectivity index (χ4n) is 2.04. The molecule has 118 valence electrons. The number of hydrogen-bond acceptors (Lipinski definition) is 3. The molecular formula is C17H28N2O2. The normalized spacial score (nSPS) is 11.0. The van der Waals surface area contributed by atoms with Gasteiger partial charge in [0.2, 0.25) is 0 Å². The summed E-state index contributed by atoms with van der Waals surface area (Å²) in [6.45, 7) is 12.2. The molecule has 0 atom stereocenters. The van der Waals surface area contributed by atoms with Crippen molar-refractivity contribution in [3.05, 3.63) is 29.8 Å². The average Bonchev–Trinajstić information content (AvgIpc) is 2.50. The number of ether oxygens (including phenoxy) is 1. The van der Waals surface area contributed by atoms with E-state index in [9.17, 15) is 4.79 Å². The van der Waals surface area contributed by atoms with Crippen LogP contribution < -0.4 is 10.1 Å². The second kappa shape index (κ2) is 9.40. The molecule has 0 heterocycles. The lowest BCUT2D eigenvalue weighted by Crippen LogP contribution is -2.36. The van der Waals surface area contributed by atoms with Gasteiger partial charge in [-0.1, -0.05) is 39.8 Å². The van der Waals surface area contributed by atoms with Crippen LogP contribution >= 0.6 is 0 Å². The van der Waals surface area contributed by atoms with Crippen LogP contribution in [0.5, 0.6) is 5.75 Å². The second-order valence-corrected chi connectivity index (χ2v) is 5.39. The third kappa shape index (κ3) is 6.63. The molecule has 1 rings (SSSR count). The molecular weight excluding hydrogens is 264 g/mol. The highest BCUT2D eigenvalue weighted by molar-refractivity contribution is 5.77. The van der Waals surface area contributed by atoms with Crippen LogP contribution in [-0.2, 0) is 4.79 Å². The standard InChI is InChI=1S/C17H28N2O2/c1-5-19(6-2)12-11-18-17(20)13-21-16-9-7-15(8-10-16)14(3)4/h7-10,14H,5-6,11-13H2,1-4H3,(H,18,20). The van der Waals surface area contributed by atoms with Crippen molar-refractivity contribution in [1.29, 1.82) is 0 Å². The van der Waals surface area contributed by atoms with E-state index >= 15 is 0 Å². The summed E-state index contributed by atoms with van der Waals surface area (Å²) in [6, 6.07) is 7.91. The minimum absolute atomic E-state index is 0.0687. The fraction of sp³-hybridized carbons (Fsp3) is 0.588. The molecule has 1 N–H and O–H groups in total. The number of nitrogens with one attached hydrogen (secondary N) is 1. The number of rotatable bonds is 9. The lowest BCUT2D eigenvalue weighted by molar-refractivity contribution is -0.123. The van der Waals surface area contributed by atoms with Gasteiger partial charge in [-0.25, -0.2) is 0 Å². The maximum absolute atomic E-state index is 11.7. The molecule has 0 fully saturated rings. The Morgan fingerprint density at radius 3 is 2.33 bits per heavy atom. The Hall–Kier alpha value is -1.55. The fourth-order valence-corrected chi connectivity index (χ4v) is 2.04. The molecule has 0 saturated heterocycles.